The minimum Gasteiger partial charge on any atom is -0.481 e. The minimum atomic E-state index is -0.722. The van der Waals surface area contributed by atoms with E-state index >= 15 is 0 Å². The molecule has 4 heteroatoms. The van der Waals surface area contributed by atoms with Crippen LogP contribution in [0.25, 0.3) is 0 Å². The maximum Gasteiger partial charge on any atom is 0.309 e. The van der Waals surface area contributed by atoms with Gasteiger partial charge in [0.15, 0.2) is 0 Å². The number of carbonyl (C=O) groups excluding carboxylic acids is 1. The van der Waals surface area contributed by atoms with Crippen LogP contribution in [0.1, 0.15) is 48.9 Å². The lowest BCUT2D eigenvalue weighted by atomic mass is 9.91. The van der Waals surface area contributed by atoms with Crippen LogP contribution in [0.5, 0.6) is 0 Å². The highest BCUT2D eigenvalue weighted by molar-refractivity contribution is 5.73. The first-order valence-corrected chi connectivity index (χ1v) is 5.54. The highest BCUT2D eigenvalue weighted by atomic mass is 16.5. The Morgan fingerprint density at radius 1 is 1.38 bits per heavy atom. The second kappa shape index (κ2) is 8.13. The Balaban J connectivity index is -0.000000218. The molecule has 0 aromatic carbocycles. The summed E-state index contributed by atoms with van der Waals surface area (Å²) in [5.74, 6) is -0.785. The van der Waals surface area contributed by atoms with Crippen molar-refractivity contribution in [2.75, 3.05) is 7.11 Å². The van der Waals surface area contributed by atoms with Crippen LogP contribution in [0.3, 0.4) is 0 Å². The molecular weight excluding hydrogens is 208 g/mol. The molecule has 0 spiro atoms. The zero-order valence-corrected chi connectivity index (χ0v) is 11.2. The molecule has 0 aliphatic heterocycles. The summed E-state index contributed by atoms with van der Waals surface area (Å²) in [6.07, 6.45) is 1.54. The highest BCUT2D eigenvalue weighted by Gasteiger charge is 2.23. The molecule has 0 rings (SSSR count). The number of ether oxygens (including phenoxy) is 1. The van der Waals surface area contributed by atoms with E-state index < -0.39 is 11.4 Å². The summed E-state index contributed by atoms with van der Waals surface area (Å²) >= 11 is 0. The third kappa shape index (κ3) is 7.26. The molecular formula is C12H26O4. The van der Waals surface area contributed by atoms with Gasteiger partial charge in [0.1, 0.15) is 0 Å². The van der Waals surface area contributed by atoms with Crippen molar-refractivity contribution in [3.05, 3.63) is 0 Å². The van der Waals surface area contributed by atoms with Gasteiger partial charge in [0.2, 0.25) is 0 Å². The van der Waals surface area contributed by atoms with E-state index in [4.69, 9.17) is 5.11 Å². The van der Waals surface area contributed by atoms with Crippen molar-refractivity contribution >= 4 is 11.9 Å². The van der Waals surface area contributed by atoms with Gasteiger partial charge in [-0.3, -0.25) is 9.59 Å². The molecule has 0 aromatic heterocycles. The second-order valence-electron chi connectivity index (χ2n) is 4.38. The van der Waals surface area contributed by atoms with E-state index in [1.165, 1.54) is 7.11 Å². The molecule has 0 heterocycles. The molecule has 1 N–H and O–H groups in total. The molecule has 16 heavy (non-hydrogen) atoms. The van der Waals surface area contributed by atoms with Crippen LogP contribution in [-0.4, -0.2) is 24.2 Å². The number of esters is 1. The van der Waals surface area contributed by atoms with Crippen LogP contribution in [0.15, 0.2) is 0 Å². The van der Waals surface area contributed by atoms with Crippen LogP contribution in [0.4, 0.5) is 0 Å². The Hall–Kier alpha value is -1.06. The standard InChI is InChI=1S/2C6H12O2.H2/c1-4-6(2,3)5(7)8;1-4-5(2)6(7)8-3;/h4H2,1-3H3,(H,7,8);5H,4H2,1-3H3;1H. The summed E-state index contributed by atoms with van der Waals surface area (Å²) in [5.41, 5.74) is -0.542. The maximum absolute atomic E-state index is 10.5. The maximum atomic E-state index is 10.5. The van der Waals surface area contributed by atoms with Gasteiger partial charge in [0.05, 0.1) is 18.4 Å². The average Bonchev–Trinajstić information content (AvgIpc) is 2.27. The van der Waals surface area contributed by atoms with Gasteiger partial charge in [-0.25, -0.2) is 0 Å². The van der Waals surface area contributed by atoms with Gasteiger partial charge in [-0.2, -0.15) is 0 Å². The molecule has 4 nitrogen and oxygen atoms in total. The zero-order valence-electron chi connectivity index (χ0n) is 11.2. The van der Waals surface area contributed by atoms with E-state index in [1.54, 1.807) is 13.8 Å². The summed E-state index contributed by atoms with van der Waals surface area (Å²) in [5, 5.41) is 8.44. The minimum absolute atomic E-state index is 0. The first-order chi connectivity index (χ1) is 7.22. The van der Waals surface area contributed by atoms with E-state index in [1.807, 2.05) is 20.8 Å². The third-order valence-electron chi connectivity index (χ3n) is 2.68. The molecule has 0 fully saturated rings. The lowest BCUT2D eigenvalue weighted by molar-refractivity contribution is -0.147. The van der Waals surface area contributed by atoms with Gasteiger partial charge in [-0.15, -0.1) is 0 Å². The van der Waals surface area contributed by atoms with Crippen molar-refractivity contribution < 1.29 is 20.9 Å². The van der Waals surface area contributed by atoms with Gasteiger partial charge in [-0.05, 0) is 26.7 Å². The largest absolute Gasteiger partial charge is 0.481 e. The molecule has 0 aliphatic carbocycles. The number of rotatable bonds is 4. The Bertz CT molecular complexity index is 225. The summed E-state index contributed by atoms with van der Waals surface area (Å²) < 4.78 is 4.46. The molecule has 0 aliphatic rings. The predicted octanol–water partition coefficient (Wildman–Crippen LogP) is 2.96. The Morgan fingerprint density at radius 3 is 1.88 bits per heavy atom. The SMILES string of the molecule is CCC(C)(C)C(=O)O.CCC(C)C(=O)OC.[HH]. The average molecular weight is 234 g/mol. The molecule has 0 saturated heterocycles. The number of methoxy groups -OCH3 is 1. The normalized spacial score (nSPS) is 12.1. The highest BCUT2D eigenvalue weighted by Crippen LogP contribution is 2.18. The van der Waals surface area contributed by atoms with Crippen molar-refractivity contribution in [3.8, 4) is 0 Å². The van der Waals surface area contributed by atoms with E-state index in [0.29, 0.717) is 6.42 Å². The van der Waals surface area contributed by atoms with Gasteiger partial charge >= 0.3 is 11.9 Å². The molecule has 1 unspecified atom stereocenters. The number of carboxylic acids is 1. The van der Waals surface area contributed by atoms with E-state index in [9.17, 15) is 9.59 Å². The van der Waals surface area contributed by atoms with Crippen LogP contribution >= 0.6 is 0 Å². The summed E-state index contributed by atoms with van der Waals surface area (Å²) in [6, 6.07) is 0. The quantitative estimate of drug-likeness (QED) is 0.759. The number of carboxylic acid groups (broad SMARTS) is 1. The number of hydrogen-bond donors (Lipinski definition) is 1. The zero-order chi connectivity index (χ0) is 13.4. The topological polar surface area (TPSA) is 63.6 Å². The predicted molar refractivity (Wildman–Crippen MR) is 65.3 cm³/mol. The molecule has 0 amide bonds. The molecule has 0 bridgehead atoms. The number of hydrogen-bond acceptors (Lipinski definition) is 3. The first-order valence-electron chi connectivity index (χ1n) is 5.54. The van der Waals surface area contributed by atoms with Crippen LogP contribution in [0, 0.1) is 11.3 Å². The fourth-order valence-electron chi connectivity index (χ4n) is 0.519. The Kier molecular flexibility index (Phi) is 8.81. The molecule has 0 aromatic rings. The van der Waals surface area contributed by atoms with Gasteiger partial charge < -0.3 is 9.84 Å². The van der Waals surface area contributed by atoms with E-state index in [2.05, 4.69) is 4.74 Å². The fraction of sp³-hybridized carbons (Fsp3) is 0.833. The fourth-order valence-corrected chi connectivity index (χ4v) is 0.519. The first kappa shape index (κ1) is 17.3. The summed E-state index contributed by atoms with van der Waals surface area (Å²) in [4.78, 5) is 20.8. The van der Waals surface area contributed by atoms with Gasteiger partial charge in [0, 0.05) is 1.43 Å². The molecule has 98 valence electrons. The van der Waals surface area contributed by atoms with Crippen LogP contribution < -0.4 is 0 Å². The monoisotopic (exact) mass is 234 g/mol. The lowest BCUT2D eigenvalue weighted by Gasteiger charge is -2.14. The van der Waals surface area contributed by atoms with Crippen LogP contribution in [-0.2, 0) is 14.3 Å². The van der Waals surface area contributed by atoms with Crippen molar-refractivity contribution in [2.45, 2.75) is 47.5 Å². The van der Waals surface area contributed by atoms with Crippen molar-refractivity contribution in [1.82, 2.24) is 0 Å². The second-order valence-corrected chi connectivity index (χ2v) is 4.38. The summed E-state index contributed by atoms with van der Waals surface area (Å²) in [7, 11) is 1.41. The Labute approximate surface area is 99.5 Å². The lowest BCUT2D eigenvalue weighted by Crippen LogP contribution is -2.21. The van der Waals surface area contributed by atoms with Crippen molar-refractivity contribution in [1.29, 1.82) is 0 Å². The number of carbonyl (C=O) groups is 2. The van der Waals surface area contributed by atoms with E-state index in [-0.39, 0.29) is 13.3 Å². The molecule has 0 saturated carbocycles. The smallest absolute Gasteiger partial charge is 0.309 e. The number of aliphatic carboxylic acids is 1. The molecule has 1 atom stereocenters. The van der Waals surface area contributed by atoms with E-state index in [0.717, 1.165) is 6.42 Å². The van der Waals surface area contributed by atoms with Crippen LogP contribution in [0.2, 0.25) is 0 Å². The molecule has 0 radical (unpaired) electrons. The summed E-state index contributed by atoms with van der Waals surface area (Å²) in [6.45, 7) is 9.12. The van der Waals surface area contributed by atoms with Gasteiger partial charge in [0.25, 0.3) is 0 Å². The third-order valence-corrected chi connectivity index (χ3v) is 2.68. The van der Waals surface area contributed by atoms with Crippen molar-refractivity contribution in [3.63, 3.8) is 0 Å². The Morgan fingerprint density at radius 2 is 1.81 bits per heavy atom. The van der Waals surface area contributed by atoms with Crippen molar-refractivity contribution in [2.24, 2.45) is 11.3 Å². The van der Waals surface area contributed by atoms with Gasteiger partial charge in [-0.1, -0.05) is 20.8 Å².